The quantitative estimate of drug-likeness (QED) is 0.873. The summed E-state index contributed by atoms with van der Waals surface area (Å²) in [7, 11) is -2.21. The normalized spacial score (nSPS) is 16.9. The Balaban J connectivity index is 2.19. The third kappa shape index (κ3) is 3.74. The van der Waals surface area contributed by atoms with E-state index in [-0.39, 0.29) is 17.3 Å². The number of para-hydroxylation sites is 1. The predicted molar refractivity (Wildman–Crippen MR) is 80.6 cm³/mol. The summed E-state index contributed by atoms with van der Waals surface area (Å²) >= 11 is 0. The number of anilines is 1. The van der Waals surface area contributed by atoms with Crippen LogP contribution in [0.15, 0.2) is 24.3 Å². The molecule has 0 spiro atoms. The van der Waals surface area contributed by atoms with Crippen molar-refractivity contribution in [1.29, 1.82) is 0 Å². The van der Waals surface area contributed by atoms with Crippen LogP contribution < -0.4 is 4.72 Å². The first-order valence-corrected chi connectivity index (χ1v) is 8.44. The van der Waals surface area contributed by atoms with Gasteiger partial charge in [0.25, 0.3) is 0 Å². The van der Waals surface area contributed by atoms with Gasteiger partial charge in [-0.15, -0.1) is 0 Å². The lowest BCUT2D eigenvalue weighted by Gasteiger charge is -2.30. The number of hydrogen-bond donors (Lipinski definition) is 2. The number of aromatic carboxylic acids is 1. The van der Waals surface area contributed by atoms with E-state index in [4.69, 9.17) is 5.11 Å². The molecule has 0 heterocycles. The van der Waals surface area contributed by atoms with Crippen molar-refractivity contribution < 1.29 is 18.3 Å². The molecule has 21 heavy (non-hydrogen) atoms. The summed E-state index contributed by atoms with van der Waals surface area (Å²) in [5, 5.41) is 9.10. The second-order valence-electron chi connectivity index (χ2n) is 5.27. The maximum atomic E-state index is 12.4. The van der Waals surface area contributed by atoms with E-state index in [2.05, 4.69) is 4.72 Å². The van der Waals surface area contributed by atoms with Crippen LogP contribution in [0.1, 0.15) is 42.5 Å². The third-order valence-electron chi connectivity index (χ3n) is 3.86. The van der Waals surface area contributed by atoms with Crippen LogP contribution >= 0.6 is 0 Å². The highest BCUT2D eigenvalue weighted by Gasteiger charge is 2.28. The lowest BCUT2D eigenvalue weighted by Crippen LogP contribution is -2.41. The molecule has 0 aliphatic heterocycles. The molecule has 0 amide bonds. The molecular formula is C14H20N2O4S. The van der Waals surface area contributed by atoms with Gasteiger partial charge < -0.3 is 5.11 Å². The van der Waals surface area contributed by atoms with Gasteiger partial charge in [0.05, 0.1) is 11.3 Å². The maximum absolute atomic E-state index is 12.4. The monoisotopic (exact) mass is 312 g/mol. The molecule has 0 atom stereocenters. The van der Waals surface area contributed by atoms with Crippen molar-refractivity contribution in [3.8, 4) is 0 Å². The first kappa shape index (κ1) is 15.8. The largest absolute Gasteiger partial charge is 0.478 e. The molecule has 0 saturated heterocycles. The zero-order valence-electron chi connectivity index (χ0n) is 11.9. The van der Waals surface area contributed by atoms with Crippen molar-refractivity contribution in [2.75, 3.05) is 11.8 Å². The number of benzene rings is 1. The molecule has 116 valence electrons. The first-order valence-electron chi connectivity index (χ1n) is 7.00. The molecule has 2 rings (SSSR count). The summed E-state index contributed by atoms with van der Waals surface area (Å²) in [6.07, 6.45) is 4.88. The standard InChI is InChI=1S/C14H20N2O4S/c1-16(11-7-3-2-4-8-11)21(19,20)15-13-10-6-5-9-12(13)14(17)18/h5-6,9-11,15H,2-4,7-8H2,1H3,(H,17,18). The number of carbonyl (C=O) groups is 1. The SMILES string of the molecule is CN(C1CCCCC1)S(=O)(=O)Nc1ccccc1C(=O)O. The molecule has 1 aromatic rings. The van der Waals surface area contributed by atoms with E-state index in [1.165, 1.54) is 16.4 Å². The van der Waals surface area contributed by atoms with Crippen LogP contribution in [0.5, 0.6) is 0 Å². The minimum Gasteiger partial charge on any atom is -0.478 e. The van der Waals surface area contributed by atoms with Crippen molar-refractivity contribution in [2.45, 2.75) is 38.1 Å². The summed E-state index contributed by atoms with van der Waals surface area (Å²) in [5.41, 5.74) is 0.0331. The summed E-state index contributed by atoms with van der Waals surface area (Å²) in [4.78, 5) is 11.1. The van der Waals surface area contributed by atoms with Gasteiger partial charge in [0.1, 0.15) is 0 Å². The van der Waals surface area contributed by atoms with Gasteiger partial charge in [0, 0.05) is 13.1 Å². The molecule has 0 radical (unpaired) electrons. The van der Waals surface area contributed by atoms with Crippen molar-refractivity contribution >= 4 is 21.9 Å². The van der Waals surface area contributed by atoms with E-state index in [1.54, 1.807) is 19.2 Å². The molecule has 1 aliphatic carbocycles. The second kappa shape index (κ2) is 6.44. The van der Waals surface area contributed by atoms with Gasteiger partial charge >= 0.3 is 16.2 Å². The smallest absolute Gasteiger partial charge is 0.337 e. The lowest BCUT2D eigenvalue weighted by molar-refractivity contribution is 0.0698. The Kier molecular flexibility index (Phi) is 4.84. The number of hydrogen-bond acceptors (Lipinski definition) is 3. The van der Waals surface area contributed by atoms with Gasteiger partial charge in [-0.05, 0) is 25.0 Å². The highest BCUT2D eigenvalue weighted by Crippen LogP contribution is 2.25. The summed E-state index contributed by atoms with van der Waals surface area (Å²) in [5.74, 6) is -1.16. The Labute approximate surface area is 125 Å². The zero-order chi connectivity index (χ0) is 15.5. The summed E-state index contributed by atoms with van der Waals surface area (Å²) in [6.45, 7) is 0. The number of nitrogens with one attached hydrogen (secondary N) is 1. The molecule has 1 aromatic carbocycles. The van der Waals surface area contributed by atoms with Crippen LogP contribution in [0, 0.1) is 0 Å². The number of carboxylic acid groups (broad SMARTS) is 1. The highest BCUT2D eigenvalue weighted by atomic mass is 32.2. The Morgan fingerprint density at radius 3 is 2.48 bits per heavy atom. The average Bonchev–Trinajstić information content (AvgIpc) is 2.47. The van der Waals surface area contributed by atoms with E-state index in [1.807, 2.05) is 0 Å². The molecule has 1 saturated carbocycles. The Morgan fingerprint density at radius 2 is 1.86 bits per heavy atom. The molecule has 0 unspecified atom stereocenters. The van der Waals surface area contributed by atoms with Gasteiger partial charge in [0.15, 0.2) is 0 Å². The van der Waals surface area contributed by atoms with E-state index < -0.39 is 16.2 Å². The third-order valence-corrected chi connectivity index (χ3v) is 5.40. The summed E-state index contributed by atoms with van der Waals surface area (Å²) < 4.78 is 28.5. The minimum atomic E-state index is -3.75. The van der Waals surface area contributed by atoms with Crippen molar-refractivity contribution in [3.63, 3.8) is 0 Å². The number of rotatable bonds is 5. The Hall–Kier alpha value is -1.60. The van der Waals surface area contributed by atoms with E-state index in [0.717, 1.165) is 32.1 Å². The maximum Gasteiger partial charge on any atom is 0.337 e. The van der Waals surface area contributed by atoms with Gasteiger partial charge in [-0.25, -0.2) is 4.79 Å². The first-order chi connectivity index (χ1) is 9.92. The second-order valence-corrected chi connectivity index (χ2v) is 7.00. The highest BCUT2D eigenvalue weighted by molar-refractivity contribution is 7.90. The Morgan fingerprint density at radius 1 is 1.24 bits per heavy atom. The predicted octanol–water partition coefficient (Wildman–Crippen LogP) is 2.31. The van der Waals surface area contributed by atoms with Crippen molar-refractivity contribution in [3.05, 3.63) is 29.8 Å². The summed E-state index contributed by atoms with van der Waals surface area (Å²) in [6, 6.07) is 5.97. The van der Waals surface area contributed by atoms with Crippen molar-refractivity contribution in [2.24, 2.45) is 0 Å². The fourth-order valence-electron chi connectivity index (χ4n) is 2.61. The molecule has 0 bridgehead atoms. The van der Waals surface area contributed by atoms with Gasteiger partial charge in [-0.1, -0.05) is 31.4 Å². The fraction of sp³-hybridized carbons (Fsp3) is 0.500. The molecule has 2 N–H and O–H groups in total. The van der Waals surface area contributed by atoms with Crippen molar-refractivity contribution in [1.82, 2.24) is 4.31 Å². The molecule has 1 aliphatic rings. The van der Waals surface area contributed by atoms with E-state index >= 15 is 0 Å². The minimum absolute atomic E-state index is 0.0201. The average molecular weight is 312 g/mol. The molecular weight excluding hydrogens is 292 g/mol. The van der Waals surface area contributed by atoms with Crippen LogP contribution in [-0.4, -0.2) is 36.9 Å². The number of nitrogens with zero attached hydrogens (tertiary/aromatic N) is 1. The van der Waals surface area contributed by atoms with Crippen LogP contribution in [0.25, 0.3) is 0 Å². The molecule has 7 heteroatoms. The lowest BCUT2D eigenvalue weighted by atomic mass is 9.96. The van der Waals surface area contributed by atoms with E-state index in [9.17, 15) is 13.2 Å². The topological polar surface area (TPSA) is 86.7 Å². The molecule has 1 fully saturated rings. The van der Waals surface area contributed by atoms with E-state index in [0.29, 0.717) is 0 Å². The van der Waals surface area contributed by atoms with Crippen LogP contribution in [0.4, 0.5) is 5.69 Å². The zero-order valence-corrected chi connectivity index (χ0v) is 12.8. The van der Waals surface area contributed by atoms with Crippen LogP contribution in [-0.2, 0) is 10.2 Å². The van der Waals surface area contributed by atoms with Gasteiger partial charge in [0.2, 0.25) is 0 Å². The van der Waals surface area contributed by atoms with Crippen LogP contribution in [0.2, 0.25) is 0 Å². The van der Waals surface area contributed by atoms with Gasteiger partial charge in [-0.3, -0.25) is 4.72 Å². The number of carboxylic acids is 1. The molecule has 0 aromatic heterocycles. The fourth-order valence-corrected chi connectivity index (χ4v) is 3.81. The van der Waals surface area contributed by atoms with Gasteiger partial charge in [-0.2, -0.15) is 12.7 Å². The van der Waals surface area contributed by atoms with Crippen LogP contribution in [0.3, 0.4) is 0 Å². The Bertz CT molecular complexity index is 609. The molecule has 6 nitrogen and oxygen atoms in total.